The standard InChI is InChI=1S/C25H29N3O2/c1-19(30-24-12-9-21-5-3-4-6-22(21)17-24)25(29)26-18-20-7-10-23(11-8-20)28-15-13-27(2)14-16-28/h3-12,17,19H,13-16,18H2,1-2H3,(H,26,29). The van der Waals surface area contributed by atoms with Crippen LogP contribution in [0.25, 0.3) is 10.8 Å². The van der Waals surface area contributed by atoms with Gasteiger partial charge in [0.25, 0.3) is 5.91 Å². The predicted octanol–water partition coefficient (Wildman–Crippen LogP) is 3.68. The molecular weight excluding hydrogens is 374 g/mol. The lowest BCUT2D eigenvalue weighted by Gasteiger charge is -2.34. The van der Waals surface area contributed by atoms with Crippen LogP contribution in [0.5, 0.6) is 5.75 Å². The molecule has 0 aliphatic carbocycles. The smallest absolute Gasteiger partial charge is 0.261 e. The number of ether oxygens (including phenoxy) is 1. The van der Waals surface area contributed by atoms with E-state index in [1.807, 2.05) is 36.4 Å². The first-order chi connectivity index (χ1) is 14.6. The Balaban J connectivity index is 1.29. The van der Waals surface area contributed by atoms with Crippen LogP contribution in [0.3, 0.4) is 0 Å². The third-order valence-electron chi connectivity index (χ3n) is 5.67. The van der Waals surface area contributed by atoms with Crippen molar-refractivity contribution >= 4 is 22.4 Å². The second-order valence-corrected chi connectivity index (χ2v) is 7.94. The van der Waals surface area contributed by atoms with Crippen molar-refractivity contribution in [1.82, 2.24) is 10.2 Å². The van der Waals surface area contributed by atoms with Crippen LogP contribution >= 0.6 is 0 Å². The highest BCUT2D eigenvalue weighted by molar-refractivity contribution is 5.84. The van der Waals surface area contributed by atoms with Crippen LogP contribution in [-0.2, 0) is 11.3 Å². The number of hydrogen-bond donors (Lipinski definition) is 1. The van der Waals surface area contributed by atoms with Crippen molar-refractivity contribution in [2.24, 2.45) is 0 Å². The summed E-state index contributed by atoms with van der Waals surface area (Å²) in [4.78, 5) is 17.2. The number of anilines is 1. The zero-order valence-corrected chi connectivity index (χ0v) is 17.7. The van der Waals surface area contributed by atoms with E-state index < -0.39 is 6.10 Å². The van der Waals surface area contributed by atoms with Crippen LogP contribution in [0.1, 0.15) is 12.5 Å². The molecule has 1 saturated heterocycles. The fraction of sp³-hybridized carbons (Fsp3) is 0.320. The molecular formula is C25H29N3O2. The lowest BCUT2D eigenvalue weighted by atomic mass is 10.1. The van der Waals surface area contributed by atoms with Gasteiger partial charge in [-0.05, 0) is 54.6 Å². The van der Waals surface area contributed by atoms with Crippen LogP contribution in [0.2, 0.25) is 0 Å². The largest absolute Gasteiger partial charge is 0.481 e. The highest BCUT2D eigenvalue weighted by Crippen LogP contribution is 2.21. The summed E-state index contributed by atoms with van der Waals surface area (Å²) < 4.78 is 5.86. The number of nitrogens with zero attached hydrogens (tertiary/aromatic N) is 2. The molecule has 0 spiro atoms. The molecule has 1 fully saturated rings. The molecule has 30 heavy (non-hydrogen) atoms. The van der Waals surface area contributed by atoms with Gasteiger partial charge in [0.05, 0.1) is 0 Å². The summed E-state index contributed by atoms with van der Waals surface area (Å²) in [6.07, 6.45) is -0.559. The minimum absolute atomic E-state index is 0.119. The van der Waals surface area contributed by atoms with Crippen molar-refractivity contribution < 1.29 is 9.53 Å². The Bertz CT molecular complexity index is 995. The first kappa shape index (κ1) is 20.2. The summed E-state index contributed by atoms with van der Waals surface area (Å²) in [5.74, 6) is 0.583. The number of amides is 1. The van der Waals surface area contributed by atoms with Crippen LogP contribution in [0, 0.1) is 0 Å². The second-order valence-electron chi connectivity index (χ2n) is 7.94. The molecule has 0 aromatic heterocycles. The van der Waals surface area contributed by atoms with Crippen LogP contribution in [0.15, 0.2) is 66.7 Å². The molecule has 0 bridgehead atoms. The van der Waals surface area contributed by atoms with Crippen molar-refractivity contribution in [3.8, 4) is 5.75 Å². The third kappa shape index (κ3) is 4.92. The Morgan fingerprint density at radius 2 is 1.67 bits per heavy atom. The Morgan fingerprint density at radius 3 is 2.40 bits per heavy atom. The van der Waals surface area contributed by atoms with Gasteiger partial charge in [-0.3, -0.25) is 4.79 Å². The molecule has 1 N–H and O–H groups in total. The van der Waals surface area contributed by atoms with Gasteiger partial charge in [-0.25, -0.2) is 0 Å². The fourth-order valence-electron chi connectivity index (χ4n) is 3.72. The van der Waals surface area contributed by atoms with Gasteiger partial charge < -0.3 is 19.9 Å². The molecule has 0 radical (unpaired) electrons. The summed E-state index contributed by atoms with van der Waals surface area (Å²) >= 11 is 0. The number of carbonyl (C=O) groups is 1. The average Bonchev–Trinajstić information content (AvgIpc) is 2.78. The van der Waals surface area contributed by atoms with E-state index in [9.17, 15) is 4.79 Å². The van der Waals surface area contributed by atoms with Crippen molar-refractivity contribution in [3.63, 3.8) is 0 Å². The zero-order chi connectivity index (χ0) is 20.9. The van der Waals surface area contributed by atoms with E-state index in [4.69, 9.17) is 4.74 Å². The van der Waals surface area contributed by atoms with Crippen molar-refractivity contribution in [1.29, 1.82) is 0 Å². The van der Waals surface area contributed by atoms with Crippen molar-refractivity contribution in [2.75, 3.05) is 38.1 Å². The summed E-state index contributed by atoms with van der Waals surface area (Å²) in [5, 5.41) is 5.23. The van der Waals surface area contributed by atoms with E-state index in [1.54, 1.807) is 6.92 Å². The normalized spacial score (nSPS) is 15.7. The molecule has 1 heterocycles. The SMILES string of the molecule is CC(Oc1ccc2ccccc2c1)C(=O)NCc1ccc(N2CCN(C)CC2)cc1. The molecule has 1 amide bonds. The van der Waals surface area contributed by atoms with Gasteiger partial charge >= 0.3 is 0 Å². The highest BCUT2D eigenvalue weighted by atomic mass is 16.5. The Kier molecular flexibility index (Phi) is 6.19. The quantitative estimate of drug-likeness (QED) is 0.682. The van der Waals surface area contributed by atoms with Crippen LogP contribution in [-0.4, -0.2) is 50.1 Å². The lowest BCUT2D eigenvalue weighted by Crippen LogP contribution is -2.44. The minimum atomic E-state index is -0.559. The zero-order valence-electron chi connectivity index (χ0n) is 17.7. The van der Waals surface area contributed by atoms with Gasteiger partial charge in [0.1, 0.15) is 5.75 Å². The lowest BCUT2D eigenvalue weighted by molar-refractivity contribution is -0.127. The van der Waals surface area contributed by atoms with E-state index in [0.717, 1.165) is 42.5 Å². The van der Waals surface area contributed by atoms with Gasteiger partial charge in [-0.15, -0.1) is 0 Å². The van der Waals surface area contributed by atoms with E-state index in [2.05, 4.69) is 52.5 Å². The first-order valence-electron chi connectivity index (χ1n) is 10.5. The Hall–Kier alpha value is -3.05. The molecule has 0 saturated carbocycles. The summed E-state index contributed by atoms with van der Waals surface area (Å²) in [6, 6.07) is 22.4. The maximum Gasteiger partial charge on any atom is 0.261 e. The van der Waals surface area contributed by atoms with Gasteiger partial charge in [0, 0.05) is 38.4 Å². The van der Waals surface area contributed by atoms with Gasteiger partial charge in [0.2, 0.25) is 0 Å². The van der Waals surface area contributed by atoms with Crippen molar-refractivity contribution in [2.45, 2.75) is 19.6 Å². The monoisotopic (exact) mass is 403 g/mol. The maximum atomic E-state index is 12.5. The second kappa shape index (κ2) is 9.18. The highest BCUT2D eigenvalue weighted by Gasteiger charge is 2.16. The molecule has 1 atom stereocenters. The minimum Gasteiger partial charge on any atom is -0.481 e. The number of likely N-dealkylation sites (N-methyl/N-ethyl adjacent to an activating group) is 1. The maximum absolute atomic E-state index is 12.5. The van der Waals surface area contributed by atoms with Crippen LogP contribution in [0.4, 0.5) is 5.69 Å². The average molecular weight is 404 g/mol. The summed E-state index contributed by atoms with van der Waals surface area (Å²) in [5.41, 5.74) is 2.32. The topological polar surface area (TPSA) is 44.8 Å². The molecule has 156 valence electrons. The number of carbonyl (C=O) groups excluding carboxylic acids is 1. The molecule has 1 aliphatic heterocycles. The number of hydrogen-bond acceptors (Lipinski definition) is 4. The van der Waals surface area contributed by atoms with E-state index in [-0.39, 0.29) is 5.91 Å². The van der Waals surface area contributed by atoms with E-state index in [1.165, 1.54) is 5.69 Å². The first-order valence-corrected chi connectivity index (χ1v) is 10.5. The molecule has 1 aliphatic rings. The Morgan fingerprint density at radius 1 is 0.967 bits per heavy atom. The molecule has 1 unspecified atom stereocenters. The van der Waals surface area contributed by atoms with E-state index >= 15 is 0 Å². The van der Waals surface area contributed by atoms with Gasteiger partial charge in [-0.1, -0.05) is 42.5 Å². The molecule has 5 heteroatoms. The number of nitrogens with one attached hydrogen (secondary N) is 1. The summed E-state index contributed by atoms with van der Waals surface area (Å²) in [6.45, 7) is 6.56. The Labute approximate surface area is 178 Å². The summed E-state index contributed by atoms with van der Waals surface area (Å²) in [7, 11) is 2.16. The van der Waals surface area contributed by atoms with Gasteiger partial charge in [-0.2, -0.15) is 0 Å². The van der Waals surface area contributed by atoms with Crippen LogP contribution < -0.4 is 15.0 Å². The van der Waals surface area contributed by atoms with Gasteiger partial charge in [0.15, 0.2) is 6.10 Å². The number of fused-ring (bicyclic) bond motifs is 1. The molecule has 3 aromatic rings. The molecule has 4 rings (SSSR count). The number of rotatable bonds is 6. The third-order valence-corrected chi connectivity index (χ3v) is 5.67. The predicted molar refractivity (Wildman–Crippen MR) is 122 cm³/mol. The van der Waals surface area contributed by atoms with Crippen molar-refractivity contribution in [3.05, 3.63) is 72.3 Å². The number of benzene rings is 3. The number of piperazine rings is 1. The van der Waals surface area contributed by atoms with E-state index in [0.29, 0.717) is 12.3 Å². The fourth-order valence-corrected chi connectivity index (χ4v) is 3.72. The molecule has 5 nitrogen and oxygen atoms in total. The molecule has 3 aromatic carbocycles.